The Morgan fingerprint density at radius 2 is 1.86 bits per heavy atom. The van der Waals surface area contributed by atoms with Crippen LogP contribution in [0.5, 0.6) is 0 Å². The second-order valence-corrected chi connectivity index (χ2v) is 6.51. The fraction of sp³-hybridized carbons (Fsp3) is 0.188. The number of para-hydroxylation sites is 1. The predicted octanol–water partition coefficient (Wildman–Crippen LogP) is 4.73. The van der Waals surface area contributed by atoms with Gasteiger partial charge in [0.1, 0.15) is 0 Å². The molecule has 0 aliphatic rings. The van der Waals surface area contributed by atoms with Crippen molar-refractivity contribution in [2.45, 2.75) is 11.8 Å². The van der Waals surface area contributed by atoms with Crippen molar-refractivity contribution in [2.24, 2.45) is 0 Å². The van der Waals surface area contributed by atoms with Crippen molar-refractivity contribution in [3.8, 4) is 0 Å². The van der Waals surface area contributed by atoms with Gasteiger partial charge >= 0.3 is 0 Å². The maximum absolute atomic E-state index is 5.86. The molecule has 2 N–H and O–H groups in total. The van der Waals surface area contributed by atoms with E-state index >= 15 is 0 Å². The third kappa shape index (κ3) is 5.58. The molecule has 0 aliphatic heterocycles. The summed E-state index contributed by atoms with van der Waals surface area (Å²) in [6, 6.07) is 15.9. The Morgan fingerprint density at radius 3 is 2.57 bits per heavy atom. The Labute approximate surface area is 140 Å². The Kier molecular flexibility index (Phi) is 6.36. The first-order valence-electron chi connectivity index (χ1n) is 6.64. The summed E-state index contributed by atoms with van der Waals surface area (Å²) >= 11 is 12.9. The molecule has 2 aromatic carbocycles. The Bertz CT molecular complexity index is 599. The summed E-state index contributed by atoms with van der Waals surface area (Å²) in [4.78, 5) is 1.21. The number of benzene rings is 2. The highest BCUT2D eigenvalue weighted by molar-refractivity contribution is 7.99. The zero-order valence-corrected chi connectivity index (χ0v) is 14.1. The van der Waals surface area contributed by atoms with Crippen molar-refractivity contribution >= 4 is 46.4 Å². The maximum Gasteiger partial charge on any atom is 0.170 e. The largest absolute Gasteiger partial charge is 0.362 e. The lowest BCUT2D eigenvalue weighted by Gasteiger charge is -2.12. The zero-order valence-electron chi connectivity index (χ0n) is 11.7. The van der Waals surface area contributed by atoms with E-state index in [0.29, 0.717) is 5.11 Å². The summed E-state index contributed by atoms with van der Waals surface area (Å²) in [7, 11) is 0. The van der Waals surface area contributed by atoms with Crippen LogP contribution in [0.1, 0.15) is 5.56 Å². The first-order valence-corrected chi connectivity index (χ1v) is 8.41. The molecular formula is C16H17ClN2S2. The van der Waals surface area contributed by atoms with Crippen molar-refractivity contribution in [1.29, 1.82) is 0 Å². The Hall–Kier alpha value is -1.23. The van der Waals surface area contributed by atoms with Crippen LogP contribution in [0.25, 0.3) is 0 Å². The van der Waals surface area contributed by atoms with Crippen LogP contribution in [-0.4, -0.2) is 17.4 Å². The zero-order chi connectivity index (χ0) is 15.1. The molecule has 0 saturated heterocycles. The summed E-state index contributed by atoms with van der Waals surface area (Å²) in [5.41, 5.74) is 2.22. The van der Waals surface area contributed by atoms with Crippen molar-refractivity contribution in [3.05, 3.63) is 59.1 Å². The SMILES string of the molecule is Cc1ccccc1NC(=S)NCCSc1ccc(Cl)cc1. The van der Waals surface area contributed by atoms with Gasteiger partial charge in [0.25, 0.3) is 0 Å². The van der Waals surface area contributed by atoms with E-state index in [1.165, 1.54) is 10.5 Å². The number of thioether (sulfide) groups is 1. The second-order valence-electron chi connectivity index (χ2n) is 4.50. The first-order chi connectivity index (χ1) is 10.1. The van der Waals surface area contributed by atoms with E-state index in [-0.39, 0.29) is 0 Å². The molecule has 2 nitrogen and oxygen atoms in total. The number of anilines is 1. The molecule has 0 fully saturated rings. The summed E-state index contributed by atoms with van der Waals surface area (Å²) in [5.74, 6) is 0.942. The van der Waals surface area contributed by atoms with Gasteiger partial charge in [-0.25, -0.2) is 0 Å². The van der Waals surface area contributed by atoms with Gasteiger partial charge in [-0.3, -0.25) is 0 Å². The molecule has 0 spiro atoms. The highest BCUT2D eigenvalue weighted by Crippen LogP contribution is 2.19. The average Bonchev–Trinajstić information content (AvgIpc) is 2.48. The molecule has 110 valence electrons. The van der Waals surface area contributed by atoms with Gasteiger partial charge in [0.2, 0.25) is 0 Å². The molecule has 0 saturated carbocycles. The molecule has 0 aromatic heterocycles. The third-order valence-electron chi connectivity index (χ3n) is 2.86. The molecule has 2 aromatic rings. The van der Waals surface area contributed by atoms with E-state index in [1.807, 2.05) is 42.5 Å². The van der Waals surface area contributed by atoms with Crippen molar-refractivity contribution < 1.29 is 0 Å². The number of thiocarbonyl (C=S) groups is 1. The number of hydrogen-bond acceptors (Lipinski definition) is 2. The molecule has 0 heterocycles. The van der Waals surface area contributed by atoms with E-state index in [4.69, 9.17) is 23.8 Å². The minimum absolute atomic E-state index is 0.654. The van der Waals surface area contributed by atoms with E-state index in [2.05, 4.69) is 23.6 Å². The van der Waals surface area contributed by atoms with E-state index in [0.717, 1.165) is 23.0 Å². The van der Waals surface area contributed by atoms with Gasteiger partial charge in [0.15, 0.2) is 5.11 Å². The van der Waals surface area contributed by atoms with Crippen molar-refractivity contribution in [1.82, 2.24) is 5.32 Å². The fourth-order valence-corrected chi connectivity index (χ4v) is 2.85. The minimum atomic E-state index is 0.654. The molecule has 0 aliphatic carbocycles. The smallest absolute Gasteiger partial charge is 0.170 e. The molecule has 0 radical (unpaired) electrons. The normalized spacial score (nSPS) is 10.2. The van der Waals surface area contributed by atoms with E-state index in [9.17, 15) is 0 Å². The number of hydrogen-bond donors (Lipinski definition) is 2. The quantitative estimate of drug-likeness (QED) is 0.468. The molecule has 21 heavy (non-hydrogen) atoms. The van der Waals surface area contributed by atoms with Gasteiger partial charge < -0.3 is 10.6 Å². The third-order valence-corrected chi connectivity index (χ3v) is 4.38. The molecule has 0 bridgehead atoms. The van der Waals surface area contributed by atoms with Crippen LogP contribution >= 0.6 is 35.6 Å². The van der Waals surface area contributed by atoms with E-state index in [1.54, 1.807) is 11.8 Å². The monoisotopic (exact) mass is 336 g/mol. The van der Waals surface area contributed by atoms with Gasteiger partial charge in [-0.2, -0.15) is 0 Å². The molecule has 0 unspecified atom stereocenters. The fourth-order valence-electron chi connectivity index (χ4n) is 1.74. The second kappa shape index (κ2) is 8.27. The summed E-state index contributed by atoms with van der Waals surface area (Å²) in [6.07, 6.45) is 0. The molecule has 2 rings (SSSR count). The van der Waals surface area contributed by atoms with Crippen LogP contribution in [0.15, 0.2) is 53.4 Å². The van der Waals surface area contributed by atoms with Crippen LogP contribution in [0.3, 0.4) is 0 Å². The standard InChI is InChI=1S/C16H17ClN2S2/c1-12-4-2-3-5-15(12)19-16(20)18-10-11-21-14-8-6-13(17)7-9-14/h2-9H,10-11H2,1H3,(H2,18,19,20). The van der Waals surface area contributed by atoms with Crippen LogP contribution in [0.4, 0.5) is 5.69 Å². The highest BCUT2D eigenvalue weighted by Gasteiger charge is 2.00. The average molecular weight is 337 g/mol. The first kappa shape index (κ1) is 16.1. The molecule has 5 heteroatoms. The number of rotatable bonds is 5. The lowest BCUT2D eigenvalue weighted by molar-refractivity contribution is 0.989. The van der Waals surface area contributed by atoms with Crippen LogP contribution in [0, 0.1) is 6.92 Å². The van der Waals surface area contributed by atoms with Gasteiger partial charge in [-0.15, -0.1) is 11.8 Å². The summed E-state index contributed by atoms with van der Waals surface area (Å²) < 4.78 is 0. The van der Waals surface area contributed by atoms with Crippen molar-refractivity contribution in [2.75, 3.05) is 17.6 Å². The molecule has 0 amide bonds. The summed E-state index contributed by atoms with van der Waals surface area (Å²) in [6.45, 7) is 2.87. The van der Waals surface area contributed by atoms with Crippen LogP contribution in [-0.2, 0) is 0 Å². The predicted molar refractivity (Wildman–Crippen MR) is 97.6 cm³/mol. The topological polar surface area (TPSA) is 24.1 Å². The maximum atomic E-state index is 5.86. The number of nitrogens with one attached hydrogen (secondary N) is 2. The summed E-state index contributed by atoms with van der Waals surface area (Å²) in [5, 5.41) is 7.84. The lowest BCUT2D eigenvalue weighted by Crippen LogP contribution is -2.30. The molecular weight excluding hydrogens is 320 g/mol. The van der Waals surface area contributed by atoms with E-state index < -0.39 is 0 Å². The van der Waals surface area contributed by atoms with Crippen LogP contribution < -0.4 is 10.6 Å². The Balaban J connectivity index is 1.70. The number of halogens is 1. The van der Waals surface area contributed by atoms with Gasteiger partial charge in [0, 0.05) is 27.9 Å². The number of aryl methyl sites for hydroxylation is 1. The van der Waals surface area contributed by atoms with Gasteiger partial charge in [0.05, 0.1) is 0 Å². The Morgan fingerprint density at radius 1 is 1.14 bits per heavy atom. The van der Waals surface area contributed by atoms with Gasteiger partial charge in [-0.05, 0) is 55.0 Å². The highest BCUT2D eigenvalue weighted by atomic mass is 35.5. The van der Waals surface area contributed by atoms with Gasteiger partial charge in [-0.1, -0.05) is 29.8 Å². The minimum Gasteiger partial charge on any atom is -0.362 e. The van der Waals surface area contributed by atoms with Crippen LogP contribution in [0.2, 0.25) is 5.02 Å². The lowest BCUT2D eigenvalue weighted by atomic mass is 10.2. The van der Waals surface area contributed by atoms with Crippen molar-refractivity contribution in [3.63, 3.8) is 0 Å². The molecule has 0 atom stereocenters.